The minimum absolute atomic E-state index is 0.0213. The molecule has 10 nitrogen and oxygen atoms in total. The molecular weight excluding hydrogens is 444 g/mol. The number of ether oxygens (including phenoxy) is 1. The molecule has 0 aliphatic heterocycles. The summed E-state index contributed by atoms with van der Waals surface area (Å²) in [5, 5.41) is 5.77. The van der Waals surface area contributed by atoms with Crippen LogP contribution >= 0.6 is 0 Å². The highest BCUT2D eigenvalue weighted by atomic mass is 16.5. The van der Waals surface area contributed by atoms with Crippen LogP contribution in [-0.4, -0.2) is 53.5 Å². The molecule has 1 amide bonds. The lowest BCUT2D eigenvalue weighted by Crippen LogP contribution is -2.31. The fraction of sp³-hybridized carbons (Fsp3) is 0.200. The number of pyridine rings is 3. The van der Waals surface area contributed by atoms with Gasteiger partial charge in [0.15, 0.2) is 0 Å². The van der Waals surface area contributed by atoms with Gasteiger partial charge in [0.05, 0.1) is 34.3 Å². The minimum Gasteiger partial charge on any atom is -0.439 e. The summed E-state index contributed by atoms with van der Waals surface area (Å²) in [5.74, 6) is 0.694. The monoisotopic (exact) mass is 472 g/mol. The van der Waals surface area contributed by atoms with Gasteiger partial charge in [-0.25, -0.2) is 9.97 Å². The predicted octanol–water partition coefficient (Wildman–Crippen LogP) is 2.93. The van der Waals surface area contributed by atoms with Crippen LogP contribution in [-0.2, 0) is 4.79 Å². The number of carbonyl (C=O) groups is 1. The van der Waals surface area contributed by atoms with E-state index in [1.807, 2.05) is 13.8 Å². The van der Waals surface area contributed by atoms with E-state index >= 15 is 0 Å². The number of nitrogens with zero attached hydrogens (tertiary/aromatic N) is 5. The topological polar surface area (TPSA) is 140 Å². The lowest BCUT2D eigenvalue weighted by molar-refractivity contribution is -0.116. The quantitative estimate of drug-likeness (QED) is 0.247. The second kappa shape index (κ2) is 12.0. The number of amides is 1. The van der Waals surface area contributed by atoms with Crippen molar-refractivity contribution in [2.45, 2.75) is 19.9 Å². The van der Waals surface area contributed by atoms with Gasteiger partial charge in [-0.15, -0.1) is 0 Å². The summed E-state index contributed by atoms with van der Waals surface area (Å²) in [4.78, 5) is 34.0. The molecule has 3 rings (SSSR count). The van der Waals surface area contributed by atoms with Crippen molar-refractivity contribution in [3.05, 3.63) is 66.4 Å². The first kappa shape index (κ1) is 25.0. The van der Waals surface area contributed by atoms with E-state index in [2.05, 4.69) is 35.6 Å². The molecule has 3 aromatic rings. The fourth-order valence-corrected chi connectivity index (χ4v) is 3.08. The number of hydrogen-bond acceptors (Lipinski definition) is 8. The lowest BCUT2D eigenvalue weighted by atomic mass is 10.1. The number of carbonyl (C=O) groups excluding carboxylic acids is 1. The van der Waals surface area contributed by atoms with E-state index in [1.54, 1.807) is 69.1 Å². The molecule has 0 atom stereocenters. The van der Waals surface area contributed by atoms with E-state index < -0.39 is 0 Å². The van der Waals surface area contributed by atoms with Gasteiger partial charge in [0, 0.05) is 62.7 Å². The van der Waals surface area contributed by atoms with Crippen molar-refractivity contribution in [3.63, 3.8) is 0 Å². The predicted molar refractivity (Wildman–Crippen MR) is 139 cm³/mol. The summed E-state index contributed by atoms with van der Waals surface area (Å²) < 4.78 is 5.93. The molecule has 0 saturated heterocycles. The highest BCUT2D eigenvalue weighted by Crippen LogP contribution is 2.24. The Kier molecular flexibility index (Phi) is 8.60. The zero-order chi connectivity index (χ0) is 25.2. The van der Waals surface area contributed by atoms with E-state index in [1.165, 1.54) is 12.5 Å². The van der Waals surface area contributed by atoms with E-state index in [0.29, 0.717) is 45.2 Å². The van der Waals surface area contributed by atoms with Crippen LogP contribution in [0.15, 0.2) is 65.0 Å². The number of allylic oxidation sites excluding steroid dienone is 1. The third-order valence-electron chi connectivity index (χ3n) is 4.59. The maximum absolute atomic E-state index is 12.7. The standard InChI is InChI=1S/C25H28N8O2/c1-16(2)31-25(34)19(14-29-15-28-4)20-5-6-22-21(32-20)7-8-24(33-22)35-18-9-10-30-23(11-18)17(12-26)13-27-3/h5-16H,26H2,1-4H3,(H,28,29)(H,31,34)/b17-12?,19-14-,27-13?. The van der Waals surface area contributed by atoms with Gasteiger partial charge in [0.2, 0.25) is 5.88 Å². The van der Waals surface area contributed by atoms with Gasteiger partial charge in [-0.3, -0.25) is 19.8 Å². The molecule has 0 aliphatic rings. The zero-order valence-corrected chi connectivity index (χ0v) is 20.1. The summed E-state index contributed by atoms with van der Waals surface area (Å²) in [6, 6.07) is 10.5. The first-order chi connectivity index (χ1) is 16.9. The summed E-state index contributed by atoms with van der Waals surface area (Å²) in [7, 11) is 3.29. The van der Waals surface area contributed by atoms with Gasteiger partial charge >= 0.3 is 0 Å². The van der Waals surface area contributed by atoms with E-state index in [4.69, 9.17) is 10.5 Å². The van der Waals surface area contributed by atoms with Crippen LogP contribution < -0.4 is 21.1 Å². The Hall–Kier alpha value is -4.60. The van der Waals surface area contributed by atoms with Gasteiger partial charge in [-0.05, 0) is 38.1 Å². The Bertz CT molecular complexity index is 1310. The molecule has 0 fully saturated rings. The highest BCUT2D eigenvalue weighted by molar-refractivity contribution is 6.19. The largest absolute Gasteiger partial charge is 0.439 e. The van der Waals surface area contributed by atoms with Gasteiger partial charge in [-0.1, -0.05) is 0 Å². The number of nitrogens with two attached hydrogens (primary N) is 1. The third-order valence-corrected chi connectivity index (χ3v) is 4.59. The molecule has 0 unspecified atom stereocenters. The van der Waals surface area contributed by atoms with E-state index in [9.17, 15) is 4.79 Å². The summed E-state index contributed by atoms with van der Waals surface area (Å²) in [5.41, 5.74) is 9.09. The Balaban J connectivity index is 1.88. The molecule has 3 heterocycles. The minimum atomic E-state index is -0.246. The lowest BCUT2D eigenvalue weighted by Gasteiger charge is -2.12. The maximum atomic E-state index is 12.7. The van der Waals surface area contributed by atoms with Gasteiger partial charge in [0.1, 0.15) is 5.75 Å². The molecule has 0 radical (unpaired) electrons. The summed E-state index contributed by atoms with van der Waals surface area (Å²) >= 11 is 0. The normalized spacial score (nSPS) is 12.6. The van der Waals surface area contributed by atoms with Crippen LogP contribution in [0, 0.1) is 0 Å². The Morgan fingerprint density at radius 2 is 1.83 bits per heavy atom. The van der Waals surface area contributed by atoms with Crippen molar-refractivity contribution in [2.75, 3.05) is 14.1 Å². The van der Waals surface area contributed by atoms with Crippen molar-refractivity contribution in [1.82, 2.24) is 25.6 Å². The van der Waals surface area contributed by atoms with Gasteiger partial charge < -0.3 is 21.1 Å². The van der Waals surface area contributed by atoms with Crippen LogP contribution in [0.2, 0.25) is 0 Å². The number of fused-ring (bicyclic) bond motifs is 1. The molecule has 0 spiro atoms. The molecule has 0 saturated carbocycles. The third kappa shape index (κ3) is 6.70. The molecule has 10 heteroatoms. The second-order valence-electron chi connectivity index (χ2n) is 7.61. The van der Waals surface area contributed by atoms with Gasteiger partial charge in [-0.2, -0.15) is 0 Å². The van der Waals surface area contributed by atoms with E-state index in [-0.39, 0.29) is 11.9 Å². The molecule has 180 valence electrons. The molecule has 35 heavy (non-hydrogen) atoms. The summed E-state index contributed by atoms with van der Waals surface area (Å²) in [6.07, 6.45) is 7.74. The Morgan fingerprint density at radius 1 is 1.06 bits per heavy atom. The molecule has 0 aliphatic carbocycles. The Labute approximate surface area is 203 Å². The van der Waals surface area contributed by atoms with Gasteiger partial charge in [0.25, 0.3) is 5.91 Å². The second-order valence-corrected chi connectivity index (χ2v) is 7.61. The molecule has 3 aromatic heterocycles. The van der Waals surface area contributed by atoms with Crippen molar-refractivity contribution in [2.24, 2.45) is 15.7 Å². The van der Waals surface area contributed by atoms with Crippen molar-refractivity contribution in [3.8, 4) is 11.6 Å². The average molecular weight is 473 g/mol. The first-order valence-corrected chi connectivity index (χ1v) is 10.9. The number of aromatic nitrogens is 3. The van der Waals surface area contributed by atoms with Crippen LogP contribution in [0.25, 0.3) is 22.2 Å². The zero-order valence-electron chi connectivity index (χ0n) is 20.1. The molecule has 0 bridgehead atoms. The molecule has 0 aromatic carbocycles. The number of aliphatic imine (C=N–C) groups is 2. The number of hydrogen-bond donors (Lipinski definition) is 3. The first-order valence-electron chi connectivity index (χ1n) is 10.9. The van der Waals surface area contributed by atoms with Crippen molar-refractivity contribution in [1.29, 1.82) is 0 Å². The maximum Gasteiger partial charge on any atom is 0.255 e. The van der Waals surface area contributed by atoms with Crippen molar-refractivity contribution >= 4 is 40.6 Å². The number of rotatable bonds is 9. The fourth-order valence-electron chi connectivity index (χ4n) is 3.08. The van der Waals surface area contributed by atoms with E-state index in [0.717, 1.165) is 0 Å². The van der Waals surface area contributed by atoms with Crippen LogP contribution in [0.4, 0.5) is 0 Å². The highest BCUT2D eigenvalue weighted by Gasteiger charge is 2.15. The molecular formula is C25H28N8O2. The Morgan fingerprint density at radius 3 is 2.54 bits per heavy atom. The SMILES string of the molecule is CN=CN/C=C(\C(=O)NC(C)C)c1ccc2nc(Oc3ccnc(C(C=NC)=CN)c3)ccc2n1. The van der Waals surface area contributed by atoms with Crippen LogP contribution in [0.1, 0.15) is 25.2 Å². The smallest absolute Gasteiger partial charge is 0.255 e. The average Bonchev–Trinajstić information content (AvgIpc) is 2.84. The van der Waals surface area contributed by atoms with Crippen molar-refractivity contribution < 1.29 is 9.53 Å². The van der Waals surface area contributed by atoms with Crippen LogP contribution in [0.3, 0.4) is 0 Å². The molecule has 4 N–H and O–H groups in total. The number of nitrogens with one attached hydrogen (secondary N) is 2. The van der Waals surface area contributed by atoms with Crippen LogP contribution in [0.5, 0.6) is 11.6 Å². The summed E-state index contributed by atoms with van der Waals surface area (Å²) in [6.45, 7) is 3.79.